The Morgan fingerprint density at radius 1 is 1.13 bits per heavy atom. The van der Waals surface area contributed by atoms with E-state index in [1.54, 1.807) is 18.9 Å². The number of aryl methyl sites for hydroxylation is 1. The monoisotopic (exact) mass is 439 g/mol. The summed E-state index contributed by atoms with van der Waals surface area (Å²) in [6, 6.07) is 14.0. The minimum absolute atomic E-state index is 0.0369. The van der Waals surface area contributed by atoms with Crippen molar-refractivity contribution in [1.82, 2.24) is 4.90 Å². The third-order valence-corrected chi connectivity index (χ3v) is 7.60. The van der Waals surface area contributed by atoms with Crippen molar-refractivity contribution in [2.24, 2.45) is 4.99 Å². The lowest BCUT2D eigenvalue weighted by Crippen LogP contribution is -2.30. The smallest absolute Gasteiger partial charge is 0.269 e. The Hall–Kier alpha value is -2.38. The van der Waals surface area contributed by atoms with E-state index in [9.17, 15) is 4.79 Å². The summed E-state index contributed by atoms with van der Waals surface area (Å²) in [6.45, 7) is 4.86. The normalized spacial score (nSPS) is 19.7. The summed E-state index contributed by atoms with van der Waals surface area (Å²) in [6.07, 6.45) is 1.97. The van der Waals surface area contributed by atoms with Crippen molar-refractivity contribution in [3.8, 4) is 5.75 Å². The van der Waals surface area contributed by atoms with Gasteiger partial charge in [0.05, 0.1) is 23.5 Å². The molecule has 0 N–H and O–H groups in total. The quantitative estimate of drug-likeness (QED) is 0.553. The number of amides is 1. The average Bonchev–Trinajstić information content (AvgIpc) is 3.24. The van der Waals surface area contributed by atoms with Crippen molar-refractivity contribution in [2.75, 3.05) is 25.6 Å². The largest absolute Gasteiger partial charge is 0.497 e. The molecule has 0 bridgehead atoms. The van der Waals surface area contributed by atoms with Crippen LogP contribution in [0.5, 0.6) is 5.75 Å². The van der Waals surface area contributed by atoms with E-state index in [-0.39, 0.29) is 5.91 Å². The van der Waals surface area contributed by atoms with E-state index in [4.69, 9.17) is 9.73 Å². The second-order valence-electron chi connectivity index (χ2n) is 7.22. The van der Waals surface area contributed by atoms with Gasteiger partial charge < -0.3 is 9.64 Å². The second kappa shape index (κ2) is 8.78. The molecule has 2 heterocycles. The van der Waals surface area contributed by atoms with Crippen LogP contribution in [0.2, 0.25) is 0 Å². The van der Waals surface area contributed by atoms with E-state index in [0.717, 1.165) is 55.5 Å². The predicted octanol–water partition coefficient (Wildman–Crippen LogP) is 5.78. The van der Waals surface area contributed by atoms with E-state index in [2.05, 4.69) is 11.8 Å². The molecule has 0 atom stereocenters. The first kappa shape index (κ1) is 20.9. The van der Waals surface area contributed by atoms with Crippen molar-refractivity contribution in [2.45, 2.75) is 31.6 Å². The number of carbonyl (C=O) groups excluding carboxylic acids is 1. The molecule has 1 fully saturated rings. The fraction of sp³-hybridized carbons (Fsp3) is 0.304. The summed E-state index contributed by atoms with van der Waals surface area (Å²) in [5.41, 5.74) is 3.06. The molecule has 2 aliphatic heterocycles. The number of hydrogen-bond acceptors (Lipinski definition) is 6. The number of ether oxygens (including phenoxy) is 1. The first-order valence-corrected chi connectivity index (χ1v) is 11.6. The number of para-hydroxylation sites is 1. The van der Waals surface area contributed by atoms with Crippen molar-refractivity contribution in [1.29, 1.82) is 0 Å². The van der Waals surface area contributed by atoms with Gasteiger partial charge in [-0.05, 0) is 48.9 Å². The van der Waals surface area contributed by atoms with Gasteiger partial charge in [0.2, 0.25) is 0 Å². The van der Waals surface area contributed by atoms with Crippen molar-refractivity contribution in [3.05, 3.63) is 58.0 Å². The van der Waals surface area contributed by atoms with E-state index in [1.807, 2.05) is 61.3 Å². The summed E-state index contributed by atoms with van der Waals surface area (Å²) in [5.74, 6) is 0.846. The summed E-state index contributed by atoms with van der Waals surface area (Å²) in [5, 5.41) is 1.71. The molecule has 0 radical (unpaired) electrons. The molecular formula is C23H25N3O2S2. The Balaban J connectivity index is 1.73. The Kier molecular flexibility index (Phi) is 6.11. The number of fused-ring (bicyclic) bond motifs is 1. The van der Waals surface area contributed by atoms with Gasteiger partial charge >= 0.3 is 0 Å². The first-order chi connectivity index (χ1) is 14.5. The number of unbranched alkanes of at least 4 members (excludes halogenated alkanes) is 1. The summed E-state index contributed by atoms with van der Waals surface area (Å²) in [7, 11) is 3.67. The number of aliphatic imine (C=N–C) groups is 1. The van der Waals surface area contributed by atoms with Gasteiger partial charge in [-0.1, -0.05) is 43.3 Å². The molecule has 2 aromatic rings. The topological polar surface area (TPSA) is 45.1 Å². The number of anilines is 1. The molecular weight excluding hydrogens is 414 g/mol. The maximum absolute atomic E-state index is 13.4. The fourth-order valence-corrected chi connectivity index (χ4v) is 5.72. The maximum Gasteiger partial charge on any atom is 0.269 e. The molecule has 2 aromatic carbocycles. The first-order valence-electron chi connectivity index (χ1n) is 10.0. The highest BCUT2D eigenvalue weighted by Crippen LogP contribution is 2.51. The number of benzene rings is 2. The molecule has 5 nitrogen and oxygen atoms in total. The molecule has 0 spiro atoms. The number of nitrogens with zero attached hydrogens (tertiary/aromatic N) is 3. The van der Waals surface area contributed by atoms with Gasteiger partial charge in [-0.2, -0.15) is 0 Å². The van der Waals surface area contributed by atoms with E-state index in [0.29, 0.717) is 6.54 Å². The molecule has 2 aliphatic rings. The molecule has 0 saturated carbocycles. The molecule has 0 aromatic heterocycles. The van der Waals surface area contributed by atoms with Gasteiger partial charge in [-0.3, -0.25) is 9.69 Å². The number of methoxy groups -OCH3 is 1. The Bertz CT molecular complexity index is 1050. The van der Waals surface area contributed by atoms with Crippen molar-refractivity contribution in [3.63, 3.8) is 0 Å². The highest BCUT2D eigenvalue weighted by Gasteiger charge is 2.39. The third kappa shape index (κ3) is 3.84. The van der Waals surface area contributed by atoms with Crippen LogP contribution in [0.3, 0.4) is 0 Å². The van der Waals surface area contributed by atoms with Crippen molar-refractivity contribution >= 4 is 46.0 Å². The van der Waals surface area contributed by atoms with E-state index < -0.39 is 0 Å². The van der Waals surface area contributed by atoms with E-state index in [1.165, 1.54) is 11.8 Å². The SMILES string of the molecule is CCCCN1C(=O)/C(=C2/Sc3ccc(OC)cc3N2C)SC1=Nc1ccccc1C. The maximum atomic E-state index is 13.4. The standard InChI is InChI=1S/C23H25N3O2S2/c1-5-6-13-26-21(27)20(30-23(26)24-17-10-8-7-9-15(17)2)22-25(3)18-14-16(28-4)11-12-19(18)29-22/h7-12,14H,5-6,13H2,1-4H3/b22-20-,24-23?. The molecule has 30 heavy (non-hydrogen) atoms. The zero-order valence-corrected chi connectivity index (χ0v) is 19.3. The van der Waals surface area contributed by atoms with Gasteiger partial charge in [0.1, 0.15) is 10.7 Å². The number of rotatable bonds is 5. The molecule has 1 amide bonds. The minimum atomic E-state index is 0.0369. The average molecular weight is 440 g/mol. The minimum Gasteiger partial charge on any atom is -0.497 e. The van der Waals surface area contributed by atoms with Crippen molar-refractivity contribution < 1.29 is 9.53 Å². The fourth-order valence-electron chi connectivity index (χ4n) is 3.38. The van der Waals surface area contributed by atoms with Crippen LogP contribution in [0.4, 0.5) is 11.4 Å². The third-order valence-electron chi connectivity index (χ3n) is 5.16. The van der Waals surface area contributed by atoms with Gasteiger partial charge in [0.25, 0.3) is 5.91 Å². The lowest BCUT2D eigenvalue weighted by molar-refractivity contribution is -0.122. The Morgan fingerprint density at radius 3 is 2.67 bits per heavy atom. The zero-order chi connectivity index (χ0) is 21.3. The van der Waals surface area contributed by atoms with Crippen LogP contribution in [0.1, 0.15) is 25.3 Å². The van der Waals surface area contributed by atoms with Crippen LogP contribution in [0.25, 0.3) is 0 Å². The number of thioether (sulfide) groups is 2. The van der Waals surface area contributed by atoms with Gasteiger partial charge in [0, 0.05) is 24.6 Å². The summed E-state index contributed by atoms with van der Waals surface area (Å²) >= 11 is 3.10. The zero-order valence-electron chi connectivity index (χ0n) is 17.6. The van der Waals surface area contributed by atoms with Crippen LogP contribution in [0, 0.1) is 6.92 Å². The van der Waals surface area contributed by atoms with Gasteiger partial charge in [-0.25, -0.2) is 4.99 Å². The van der Waals surface area contributed by atoms with Crippen LogP contribution in [0.15, 0.2) is 62.3 Å². The molecule has 7 heteroatoms. The molecule has 4 rings (SSSR count). The lowest BCUT2D eigenvalue weighted by atomic mass is 10.2. The molecule has 0 aliphatic carbocycles. The predicted molar refractivity (Wildman–Crippen MR) is 127 cm³/mol. The number of amidine groups is 1. The number of carbonyl (C=O) groups is 1. The van der Waals surface area contributed by atoms with Crippen LogP contribution >= 0.6 is 23.5 Å². The Morgan fingerprint density at radius 2 is 1.93 bits per heavy atom. The molecule has 1 saturated heterocycles. The molecule has 156 valence electrons. The number of hydrogen-bond donors (Lipinski definition) is 0. The van der Waals surface area contributed by atoms with Gasteiger partial charge in [-0.15, -0.1) is 0 Å². The Labute approximate surface area is 186 Å². The van der Waals surface area contributed by atoms with Crippen LogP contribution < -0.4 is 9.64 Å². The van der Waals surface area contributed by atoms with E-state index >= 15 is 0 Å². The highest BCUT2D eigenvalue weighted by molar-refractivity contribution is 8.19. The molecule has 0 unspecified atom stereocenters. The van der Waals surface area contributed by atoms with Gasteiger partial charge in [0.15, 0.2) is 5.17 Å². The summed E-state index contributed by atoms with van der Waals surface area (Å²) in [4.78, 5) is 24.0. The highest BCUT2D eigenvalue weighted by atomic mass is 32.2. The van der Waals surface area contributed by atoms with Crippen LogP contribution in [-0.2, 0) is 4.79 Å². The second-order valence-corrected chi connectivity index (χ2v) is 9.23. The van der Waals surface area contributed by atoms with Crippen LogP contribution in [-0.4, -0.2) is 36.7 Å². The lowest BCUT2D eigenvalue weighted by Gasteiger charge is -2.16. The summed E-state index contributed by atoms with van der Waals surface area (Å²) < 4.78 is 5.37.